The van der Waals surface area contributed by atoms with Gasteiger partial charge in [0.05, 0.1) is 0 Å². The van der Waals surface area contributed by atoms with Gasteiger partial charge in [0.25, 0.3) is 0 Å². The van der Waals surface area contributed by atoms with Crippen LogP contribution in [0.2, 0.25) is 5.15 Å². The van der Waals surface area contributed by atoms with E-state index in [9.17, 15) is 4.79 Å². The third-order valence-corrected chi connectivity index (χ3v) is 4.29. The minimum atomic E-state index is 0.0200. The number of nitrogens with zero attached hydrogens (tertiary/aromatic N) is 3. The lowest BCUT2D eigenvalue weighted by Gasteiger charge is -2.34. The molecule has 1 saturated heterocycles. The highest BCUT2D eigenvalue weighted by atomic mass is 35.5. The summed E-state index contributed by atoms with van der Waals surface area (Å²) in [5, 5.41) is 7.03. The second-order valence-electron chi connectivity index (χ2n) is 6.11. The summed E-state index contributed by atoms with van der Waals surface area (Å²) in [6.45, 7) is 3.75. The lowest BCUT2D eigenvalue weighted by atomic mass is 10.1. The van der Waals surface area contributed by atoms with Gasteiger partial charge in [-0.05, 0) is 31.9 Å². The fourth-order valence-electron chi connectivity index (χ4n) is 2.95. The molecule has 0 saturated carbocycles. The zero-order chi connectivity index (χ0) is 16.9. The number of nitrogens with one attached hydrogen (secondary N) is 1. The molecule has 2 aromatic heterocycles. The lowest BCUT2D eigenvalue weighted by molar-refractivity contribution is -0.121. The predicted octanol–water partition coefficient (Wildman–Crippen LogP) is 2.75. The fraction of sp³-hybridized carbons (Fsp3) is 0.471. The van der Waals surface area contributed by atoms with Gasteiger partial charge in [0.1, 0.15) is 11.6 Å². The van der Waals surface area contributed by atoms with Crippen LogP contribution >= 0.6 is 11.6 Å². The van der Waals surface area contributed by atoms with Gasteiger partial charge in [-0.1, -0.05) is 22.8 Å². The molecule has 128 valence electrons. The van der Waals surface area contributed by atoms with Crippen molar-refractivity contribution >= 4 is 23.3 Å². The number of aromatic nitrogens is 2. The van der Waals surface area contributed by atoms with E-state index in [1.165, 1.54) is 0 Å². The van der Waals surface area contributed by atoms with Crippen molar-refractivity contribution in [2.24, 2.45) is 0 Å². The molecule has 1 aliphatic rings. The van der Waals surface area contributed by atoms with Crippen LogP contribution in [0.4, 0.5) is 5.82 Å². The van der Waals surface area contributed by atoms with Crippen LogP contribution in [-0.4, -0.2) is 35.2 Å². The van der Waals surface area contributed by atoms with E-state index in [4.69, 9.17) is 16.1 Å². The summed E-state index contributed by atoms with van der Waals surface area (Å²) in [7, 11) is 0. The maximum Gasteiger partial charge on any atom is 0.220 e. The SMILES string of the molecule is Cc1cccc(N2CCC[C@@H](NC(=O)CCc3cc(Cl)no3)C2)n1. The fourth-order valence-corrected chi connectivity index (χ4v) is 3.11. The van der Waals surface area contributed by atoms with Crippen LogP contribution in [0, 0.1) is 6.92 Å². The van der Waals surface area contributed by atoms with Gasteiger partial charge < -0.3 is 14.7 Å². The van der Waals surface area contributed by atoms with Crippen molar-refractivity contribution in [3.63, 3.8) is 0 Å². The van der Waals surface area contributed by atoms with Crippen LogP contribution in [0.5, 0.6) is 0 Å². The third-order valence-electron chi connectivity index (χ3n) is 4.11. The summed E-state index contributed by atoms with van der Waals surface area (Å²) in [5.74, 6) is 1.63. The molecule has 0 radical (unpaired) electrons. The Morgan fingerprint density at radius 1 is 1.50 bits per heavy atom. The maximum absolute atomic E-state index is 12.1. The van der Waals surface area contributed by atoms with Crippen LogP contribution in [0.3, 0.4) is 0 Å². The molecule has 0 spiro atoms. The van der Waals surface area contributed by atoms with Gasteiger partial charge in [-0.25, -0.2) is 4.98 Å². The summed E-state index contributed by atoms with van der Waals surface area (Å²) in [4.78, 5) is 19.0. The van der Waals surface area contributed by atoms with Gasteiger partial charge >= 0.3 is 0 Å². The number of pyridine rings is 1. The second kappa shape index (κ2) is 7.66. The summed E-state index contributed by atoms with van der Waals surface area (Å²) in [6, 6.07) is 7.81. The number of piperidine rings is 1. The van der Waals surface area contributed by atoms with Crippen LogP contribution in [-0.2, 0) is 11.2 Å². The Balaban J connectivity index is 1.50. The average Bonchev–Trinajstić information content (AvgIpc) is 2.99. The number of anilines is 1. The minimum absolute atomic E-state index is 0.0200. The number of aryl methyl sites for hydroxylation is 2. The highest BCUT2D eigenvalue weighted by molar-refractivity contribution is 6.29. The summed E-state index contributed by atoms with van der Waals surface area (Å²) in [6.07, 6.45) is 2.90. The van der Waals surface area contributed by atoms with Crippen LogP contribution in [0.1, 0.15) is 30.7 Å². The molecule has 0 aliphatic carbocycles. The third kappa shape index (κ3) is 4.47. The largest absolute Gasteiger partial charge is 0.360 e. The molecule has 0 aromatic carbocycles. The standard InChI is InChI=1S/C17H21ClN4O2/c1-12-4-2-6-16(19-12)22-9-3-5-13(11-22)20-17(23)8-7-14-10-15(18)21-24-14/h2,4,6,10,13H,3,5,7-9,11H2,1H3,(H,20,23)/t13-/m1/s1. The topological polar surface area (TPSA) is 71.3 Å². The number of carbonyl (C=O) groups excluding carboxylic acids is 1. The van der Waals surface area contributed by atoms with E-state index in [1.807, 2.05) is 25.1 Å². The number of carbonyl (C=O) groups is 1. The number of halogens is 1. The highest BCUT2D eigenvalue weighted by Gasteiger charge is 2.22. The molecule has 1 atom stereocenters. The Morgan fingerprint density at radius 3 is 3.12 bits per heavy atom. The van der Waals surface area contributed by atoms with Crippen molar-refractivity contribution in [1.82, 2.24) is 15.5 Å². The Hall–Kier alpha value is -2.08. The lowest BCUT2D eigenvalue weighted by Crippen LogP contribution is -2.48. The maximum atomic E-state index is 12.1. The first-order chi connectivity index (χ1) is 11.6. The van der Waals surface area contributed by atoms with Gasteiger partial charge in [0, 0.05) is 43.7 Å². The van der Waals surface area contributed by atoms with E-state index in [-0.39, 0.29) is 11.9 Å². The summed E-state index contributed by atoms with van der Waals surface area (Å²) >= 11 is 5.70. The van der Waals surface area contributed by atoms with E-state index in [0.717, 1.165) is 37.4 Å². The summed E-state index contributed by atoms with van der Waals surface area (Å²) < 4.78 is 5.01. The molecule has 6 nitrogen and oxygen atoms in total. The van der Waals surface area contributed by atoms with Gasteiger partial charge in [-0.2, -0.15) is 0 Å². The van der Waals surface area contributed by atoms with E-state index in [1.54, 1.807) is 6.07 Å². The molecule has 24 heavy (non-hydrogen) atoms. The average molecular weight is 349 g/mol. The first-order valence-corrected chi connectivity index (χ1v) is 8.57. The number of rotatable bonds is 5. The molecule has 3 heterocycles. The summed E-state index contributed by atoms with van der Waals surface area (Å²) in [5.41, 5.74) is 1.00. The Morgan fingerprint density at radius 2 is 2.38 bits per heavy atom. The first kappa shape index (κ1) is 16.8. The zero-order valence-electron chi connectivity index (χ0n) is 13.7. The van der Waals surface area contributed by atoms with E-state index >= 15 is 0 Å². The van der Waals surface area contributed by atoms with Crippen LogP contribution in [0.25, 0.3) is 0 Å². The van der Waals surface area contributed by atoms with E-state index in [2.05, 4.69) is 20.4 Å². The molecule has 1 N–H and O–H groups in total. The van der Waals surface area contributed by atoms with E-state index < -0.39 is 0 Å². The Bertz CT molecular complexity index is 703. The van der Waals surface area contributed by atoms with Crippen LogP contribution in [0.15, 0.2) is 28.8 Å². The van der Waals surface area contributed by atoms with Gasteiger partial charge in [-0.3, -0.25) is 4.79 Å². The smallest absolute Gasteiger partial charge is 0.220 e. The first-order valence-electron chi connectivity index (χ1n) is 8.19. The van der Waals surface area contributed by atoms with Crippen molar-refractivity contribution in [3.8, 4) is 0 Å². The molecule has 0 unspecified atom stereocenters. The van der Waals surface area contributed by atoms with Crippen molar-refractivity contribution in [2.75, 3.05) is 18.0 Å². The second-order valence-corrected chi connectivity index (χ2v) is 6.49. The number of hydrogen-bond acceptors (Lipinski definition) is 5. The quantitative estimate of drug-likeness (QED) is 0.899. The normalized spacial score (nSPS) is 17.8. The minimum Gasteiger partial charge on any atom is -0.360 e. The molecule has 1 fully saturated rings. The number of amides is 1. The molecular formula is C17H21ClN4O2. The zero-order valence-corrected chi connectivity index (χ0v) is 14.4. The number of hydrogen-bond donors (Lipinski definition) is 1. The van der Waals surface area contributed by atoms with Gasteiger partial charge in [0.15, 0.2) is 5.15 Å². The molecule has 0 bridgehead atoms. The van der Waals surface area contributed by atoms with Crippen molar-refractivity contribution in [1.29, 1.82) is 0 Å². The molecule has 1 amide bonds. The molecule has 2 aromatic rings. The van der Waals surface area contributed by atoms with Crippen molar-refractivity contribution < 1.29 is 9.32 Å². The highest BCUT2D eigenvalue weighted by Crippen LogP contribution is 2.18. The van der Waals surface area contributed by atoms with Crippen molar-refractivity contribution in [3.05, 3.63) is 40.9 Å². The molecule has 1 aliphatic heterocycles. The van der Waals surface area contributed by atoms with Crippen molar-refractivity contribution in [2.45, 2.75) is 38.6 Å². The molecular weight excluding hydrogens is 328 g/mol. The molecule has 3 rings (SSSR count). The van der Waals surface area contributed by atoms with Gasteiger partial charge in [-0.15, -0.1) is 0 Å². The van der Waals surface area contributed by atoms with Gasteiger partial charge in [0.2, 0.25) is 5.91 Å². The Labute approximate surface area is 146 Å². The Kier molecular flexibility index (Phi) is 5.35. The predicted molar refractivity (Wildman–Crippen MR) is 92.2 cm³/mol. The molecule has 7 heteroatoms. The van der Waals surface area contributed by atoms with Crippen LogP contribution < -0.4 is 10.2 Å². The monoisotopic (exact) mass is 348 g/mol. The van der Waals surface area contributed by atoms with E-state index in [0.29, 0.717) is 23.8 Å².